The highest BCUT2D eigenvalue weighted by Gasteiger charge is 2.20. The normalized spacial score (nSPS) is 14.8. The number of hydrogen-bond acceptors (Lipinski definition) is 4. The third-order valence-electron chi connectivity index (χ3n) is 5.01. The Labute approximate surface area is 171 Å². The predicted octanol–water partition coefficient (Wildman–Crippen LogP) is 4.22. The first-order valence-corrected chi connectivity index (χ1v) is 10.0. The topological polar surface area (TPSA) is 76.7 Å². The van der Waals surface area contributed by atoms with E-state index in [1.807, 2.05) is 30.3 Å². The van der Waals surface area contributed by atoms with Crippen LogP contribution in [0.2, 0.25) is 0 Å². The number of nitrogens with one attached hydrogen (secondary N) is 2. The number of methoxy groups -OCH3 is 1. The molecule has 6 nitrogen and oxygen atoms in total. The zero-order valence-corrected chi connectivity index (χ0v) is 16.9. The van der Waals surface area contributed by atoms with Crippen LogP contribution < -0.4 is 20.1 Å². The van der Waals surface area contributed by atoms with Crippen LogP contribution in [0.1, 0.15) is 50.6 Å². The van der Waals surface area contributed by atoms with E-state index in [1.165, 1.54) is 19.8 Å². The van der Waals surface area contributed by atoms with Crippen molar-refractivity contribution in [3.8, 4) is 11.5 Å². The predicted molar refractivity (Wildman–Crippen MR) is 112 cm³/mol. The number of amides is 2. The van der Waals surface area contributed by atoms with Gasteiger partial charge in [-0.3, -0.25) is 9.59 Å². The first-order chi connectivity index (χ1) is 14.0. The van der Waals surface area contributed by atoms with E-state index in [0.717, 1.165) is 18.4 Å². The minimum atomic E-state index is -0.388. The fraction of sp³-hybridized carbons (Fsp3) is 0.391. The summed E-state index contributed by atoms with van der Waals surface area (Å²) < 4.78 is 11.5. The molecule has 1 aliphatic carbocycles. The monoisotopic (exact) mass is 396 g/mol. The lowest BCUT2D eigenvalue weighted by Crippen LogP contribution is -2.29. The number of carbonyl (C=O) groups is 2. The van der Waals surface area contributed by atoms with Crippen LogP contribution in [0.5, 0.6) is 11.5 Å². The summed E-state index contributed by atoms with van der Waals surface area (Å²) in [4.78, 5) is 24.2. The van der Waals surface area contributed by atoms with Crippen molar-refractivity contribution in [2.75, 3.05) is 12.4 Å². The lowest BCUT2D eigenvalue weighted by molar-refractivity contribution is -0.120. The molecule has 0 bridgehead atoms. The number of ether oxygens (including phenoxy) is 2. The summed E-state index contributed by atoms with van der Waals surface area (Å²) in [7, 11) is 1.60. The smallest absolute Gasteiger partial charge is 0.226 e. The highest BCUT2D eigenvalue weighted by molar-refractivity contribution is 5.92. The van der Waals surface area contributed by atoms with Gasteiger partial charge in [-0.1, -0.05) is 30.3 Å². The van der Waals surface area contributed by atoms with Gasteiger partial charge in [-0.25, -0.2) is 0 Å². The molecule has 1 saturated carbocycles. The first kappa shape index (κ1) is 20.7. The Bertz CT molecular complexity index is 832. The molecular weight excluding hydrogens is 368 g/mol. The van der Waals surface area contributed by atoms with Gasteiger partial charge >= 0.3 is 0 Å². The van der Waals surface area contributed by atoms with Crippen molar-refractivity contribution < 1.29 is 19.1 Å². The Balaban J connectivity index is 1.69. The third kappa shape index (κ3) is 5.98. The summed E-state index contributed by atoms with van der Waals surface area (Å²) >= 11 is 0. The van der Waals surface area contributed by atoms with Crippen molar-refractivity contribution in [2.24, 2.45) is 0 Å². The quantitative estimate of drug-likeness (QED) is 0.700. The second-order valence-electron chi connectivity index (χ2n) is 7.31. The average molecular weight is 396 g/mol. The Hall–Kier alpha value is -3.02. The van der Waals surface area contributed by atoms with Crippen LogP contribution in [0, 0.1) is 0 Å². The van der Waals surface area contributed by atoms with Gasteiger partial charge in [0.25, 0.3) is 0 Å². The van der Waals surface area contributed by atoms with Gasteiger partial charge in [0.2, 0.25) is 11.8 Å². The van der Waals surface area contributed by atoms with Crippen molar-refractivity contribution >= 4 is 17.5 Å². The van der Waals surface area contributed by atoms with E-state index in [9.17, 15) is 9.59 Å². The van der Waals surface area contributed by atoms with Crippen LogP contribution in [0.15, 0.2) is 48.5 Å². The summed E-state index contributed by atoms with van der Waals surface area (Å²) in [6.07, 6.45) is 4.75. The second-order valence-corrected chi connectivity index (χ2v) is 7.31. The van der Waals surface area contributed by atoms with Gasteiger partial charge in [-0.2, -0.15) is 0 Å². The van der Waals surface area contributed by atoms with Crippen LogP contribution in [0.3, 0.4) is 0 Å². The largest absolute Gasteiger partial charge is 0.493 e. The van der Waals surface area contributed by atoms with Gasteiger partial charge < -0.3 is 20.1 Å². The number of anilines is 1. The maximum absolute atomic E-state index is 12.7. The molecule has 0 heterocycles. The molecule has 2 N–H and O–H groups in total. The zero-order chi connectivity index (χ0) is 20.6. The van der Waals surface area contributed by atoms with E-state index in [-0.39, 0.29) is 30.4 Å². The van der Waals surface area contributed by atoms with Crippen LogP contribution in [-0.4, -0.2) is 25.0 Å². The molecular formula is C23H28N2O4. The van der Waals surface area contributed by atoms with Crippen LogP contribution in [0.25, 0.3) is 0 Å². The second kappa shape index (κ2) is 9.96. The Morgan fingerprint density at radius 2 is 1.79 bits per heavy atom. The van der Waals surface area contributed by atoms with E-state index in [0.29, 0.717) is 17.2 Å². The summed E-state index contributed by atoms with van der Waals surface area (Å²) in [5, 5.41) is 5.75. The lowest BCUT2D eigenvalue weighted by Gasteiger charge is -2.19. The van der Waals surface area contributed by atoms with Crippen molar-refractivity contribution in [3.05, 3.63) is 54.1 Å². The van der Waals surface area contributed by atoms with Crippen LogP contribution in [-0.2, 0) is 9.59 Å². The van der Waals surface area contributed by atoms with Crippen LogP contribution in [0.4, 0.5) is 5.69 Å². The van der Waals surface area contributed by atoms with Crippen LogP contribution >= 0.6 is 0 Å². The average Bonchev–Trinajstić information content (AvgIpc) is 3.21. The summed E-state index contributed by atoms with van der Waals surface area (Å²) in [5.41, 5.74) is 1.52. The molecule has 0 spiro atoms. The maximum Gasteiger partial charge on any atom is 0.226 e. The van der Waals surface area contributed by atoms with Crippen molar-refractivity contribution in [1.29, 1.82) is 0 Å². The summed E-state index contributed by atoms with van der Waals surface area (Å²) in [6.45, 7) is 1.45. The van der Waals surface area contributed by atoms with E-state index >= 15 is 0 Å². The summed E-state index contributed by atoms with van der Waals surface area (Å²) in [5.74, 6) is 0.918. The van der Waals surface area contributed by atoms with Crippen molar-refractivity contribution in [1.82, 2.24) is 5.32 Å². The first-order valence-electron chi connectivity index (χ1n) is 10.0. The molecule has 2 aromatic rings. The van der Waals surface area contributed by atoms with Gasteiger partial charge in [-0.05, 0) is 43.4 Å². The SMILES string of the molecule is COc1ccc(NC(=O)CC(NC(C)=O)c2ccccc2)cc1OC1CCCC1. The molecule has 29 heavy (non-hydrogen) atoms. The minimum Gasteiger partial charge on any atom is -0.493 e. The van der Waals surface area contributed by atoms with E-state index in [4.69, 9.17) is 9.47 Å². The van der Waals surface area contributed by atoms with E-state index < -0.39 is 0 Å². The number of rotatable bonds is 8. The Kier molecular flexibility index (Phi) is 7.11. The van der Waals surface area contributed by atoms with Gasteiger partial charge in [-0.15, -0.1) is 0 Å². The molecule has 0 saturated heterocycles. The molecule has 1 atom stereocenters. The molecule has 0 aliphatic heterocycles. The molecule has 1 fully saturated rings. The molecule has 6 heteroatoms. The van der Waals surface area contributed by atoms with Crippen molar-refractivity contribution in [2.45, 2.75) is 51.2 Å². The standard InChI is InChI=1S/C23H28N2O4/c1-16(26)24-20(17-8-4-3-5-9-17)15-23(27)25-18-12-13-21(28-2)22(14-18)29-19-10-6-7-11-19/h3-5,8-9,12-14,19-20H,6-7,10-11,15H2,1-2H3,(H,24,26)(H,25,27). The van der Waals surface area contributed by atoms with Gasteiger partial charge in [0.1, 0.15) is 0 Å². The molecule has 154 valence electrons. The Morgan fingerprint density at radius 3 is 2.45 bits per heavy atom. The fourth-order valence-corrected chi connectivity index (χ4v) is 3.61. The maximum atomic E-state index is 12.7. The molecule has 1 aliphatic rings. The number of benzene rings is 2. The molecule has 0 radical (unpaired) electrons. The highest BCUT2D eigenvalue weighted by Crippen LogP contribution is 2.34. The van der Waals surface area contributed by atoms with Gasteiger partial charge in [0.05, 0.1) is 25.7 Å². The third-order valence-corrected chi connectivity index (χ3v) is 5.01. The summed E-state index contributed by atoms with van der Waals surface area (Å²) in [6, 6.07) is 14.5. The van der Waals surface area contributed by atoms with Gasteiger partial charge in [0.15, 0.2) is 11.5 Å². The zero-order valence-electron chi connectivity index (χ0n) is 16.9. The molecule has 2 amide bonds. The molecule has 3 rings (SSSR count). The fourth-order valence-electron chi connectivity index (χ4n) is 3.61. The molecule has 0 aromatic heterocycles. The number of carbonyl (C=O) groups excluding carboxylic acids is 2. The van der Waals surface area contributed by atoms with Gasteiger partial charge in [0, 0.05) is 18.7 Å². The lowest BCUT2D eigenvalue weighted by atomic mass is 10.0. The van der Waals surface area contributed by atoms with Crippen molar-refractivity contribution in [3.63, 3.8) is 0 Å². The molecule has 1 unspecified atom stereocenters. The van der Waals surface area contributed by atoms with E-state index in [2.05, 4.69) is 10.6 Å². The molecule has 2 aromatic carbocycles. The minimum absolute atomic E-state index is 0.133. The van der Waals surface area contributed by atoms with E-state index in [1.54, 1.807) is 25.3 Å². The highest BCUT2D eigenvalue weighted by atomic mass is 16.5. The Morgan fingerprint density at radius 1 is 1.07 bits per heavy atom. The number of hydrogen-bond donors (Lipinski definition) is 2.